The lowest BCUT2D eigenvalue weighted by molar-refractivity contribution is -0.384. The van der Waals surface area contributed by atoms with Gasteiger partial charge in [0.2, 0.25) is 0 Å². The van der Waals surface area contributed by atoms with Crippen LogP contribution < -0.4 is 9.47 Å². The van der Waals surface area contributed by atoms with Gasteiger partial charge in [0.05, 0.1) is 15.5 Å². The molecule has 3 aromatic rings. The molecule has 0 atom stereocenters. The summed E-state index contributed by atoms with van der Waals surface area (Å²) >= 11 is 5.94. The third kappa shape index (κ3) is 4.83. The molecule has 0 unspecified atom stereocenters. The fourth-order valence-corrected chi connectivity index (χ4v) is 2.48. The number of nitro benzene ring substituents is 1. The Balaban J connectivity index is 1.65. The van der Waals surface area contributed by atoms with Gasteiger partial charge in [-0.3, -0.25) is 10.1 Å². The van der Waals surface area contributed by atoms with Gasteiger partial charge in [0.15, 0.2) is 0 Å². The molecule has 3 aromatic carbocycles. The minimum absolute atomic E-state index is 0.0738. The maximum absolute atomic E-state index is 12.2. The third-order valence-electron chi connectivity index (χ3n) is 3.66. The van der Waals surface area contributed by atoms with Crippen LogP contribution in [0.4, 0.5) is 5.69 Å². The van der Waals surface area contributed by atoms with Crippen molar-refractivity contribution in [3.8, 4) is 11.5 Å². The molecule has 0 radical (unpaired) electrons. The predicted octanol–water partition coefficient (Wildman–Crippen LogP) is 5.05. The molecule has 0 fully saturated rings. The maximum Gasteiger partial charge on any atom is 0.345 e. The molecule has 0 heterocycles. The van der Waals surface area contributed by atoms with Crippen LogP contribution in [0.3, 0.4) is 0 Å². The fraction of sp³-hybridized carbons (Fsp3) is 0.0500. The van der Waals surface area contributed by atoms with Crippen LogP contribution in [0.1, 0.15) is 15.9 Å². The van der Waals surface area contributed by atoms with Gasteiger partial charge in [-0.15, -0.1) is 0 Å². The molecule has 0 aliphatic carbocycles. The molecular formula is C20H14ClNO5. The topological polar surface area (TPSA) is 78.7 Å². The summed E-state index contributed by atoms with van der Waals surface area (Å²) in [6.07, 6.45) is 0. The second kappa shape index (κ2) is 8.33. The molecule has 7 heteroatoms. The number of carbonyl (C=O) groups is 1. The lowest BCUT2D eigenvalue weighted by Gasteiger charge is -2.08. The first-order valence-corrected chi connectivity index (χ1v) is 8.33. The van der Waals surface area contributed by atoms with Crippen molar-refractivity contribution >= 4 is 23.3 Å². The van der Waals surface area contributed by atoms with Crippen LogP contribution in [0.2, 0.25) is 5.02 Å². The van der Waals surface area contributed by atoms with E-state index >= 15 is 0 Å². The Bertz CT molecular complexity index is 958. The van der Waals surface area contributed by atoms with Gasteiger partial charge in [-0.1, -0.05) is 41.9 Å². The van der Waals surface area contributed by atoms with E-state index in [1.54, 1.807) is 24.3 Å². The average molecular weight is 384 g/mol. The molecule has 0 aliphatic rings. The Morgan fingerprint density at radius 3 is 2.30 bits per heavy atom. The van der Waals surface area contributed by atoms with Crippen molar-refractivity contribution in [3.63, 3.8) is 0 Å². The van der Waals surface area contributed by atoms with Gasteiger partial charge >= 0.3 is 5.97 Å². The number of ether oxygens (including phenoxy) is 2. The average Bonchev–Trinajstić information content (AvgIpc) is 2.68. The lowest BCUT2D eigenvalue weighted by atomic mass is 10.2. The van der Waals surface area contributed by atoms with E-state index in [9.17, 15) is 14.9 Å². The molecule has 0 amide bonds. The van der Waals surface area contributed by atoms with Gasteiger partial charge in [0.1, 0.15) is 18.1 Å². The summed E-state index contributed by atoms with van der Waals surface area (Å²) in [6.45, 7) is 0.420. The summed E-state index contributed by atoms with van der Waals surface area (Å²) in [5, 5.41) is 10.9. The van der Waals surface area contributed by atoms with Crippen LogP contribution in [0.15, 0.2) is 72.8 Å². The molecule has 0 saturated carbocycles. The normalized spacial score (nSPS) is 10.3. The summed E-state index contributed by atoms with van der Waals surface area (Å²) in [5.74, 6) is 0.114. The van der Waals surface area contributed by atoms with Crippen LogP contribution in [-0.2, 0) is 6.61 Å². The van der Waals surface area contributed by atoms with Gasteiger partial charge in [-0.05, 0) is 35.9 Å². The number of benzene rings is 3. The monoisotopic (exact) mass is 383 g/mol. The second-order valence-electron chi connectivity index (χ2n) is 5.56. The number of nitrogens with zero attached hydrogens (tertiary/aromatic N) is 1. The zero-order valence-corrected chi connectivity index (χ0v) is 14.8. The summed E-state index contributed by atoms with van der Waals surface area (Å²) < 4.78 is 10.9. The summed E-state index contributed by atoms with van der Waals surface area (Å²) in [7, 11) is 0. The van der Waals surface area contributed by atoms with Crippen molar-refractivity contribution < 1.29 is 19.2 Å². The lowest BCUT2D eigenvalue weighted by Crippen LogP contribution is -2.09. The Kier molecular flexibility index (Phi) is 5.68. The van der Waals surface area contributed by atoms with Gasteiger partial charge in [0, 0.05) is 12.1 Å². The van der Waals surface area contributed by atoms with Crippen molar-refractivity contribution in [1.82, 2.24) is 0 Å². The highest BCUT2D eigenvalue weighted by Gasteiger charge is 2.17. The highest BCUT2D eigenvalue weighted by atomic mass is 35.5. The van der Waals surface area contributed by atoms with E-state index < -0.39 is 10.9 Å². The van der Waals surface area contributed by atoms with E-state index in [1.807, 2.05) is 30.3 Å². The van der Waals surface area contributed by atoms with Crippen molar-refractivity contribution in [1.29, 1.82) is 0 Å². The number of halogens is 1. The van der Waals surface area contributed by atoms with E-state index in [-0.39, 0.29) is 22.0 Å². The smallest absolute Gasteiger partial charge is 0.345 e. The Morgan fingerprint density at radius 1 is 0.963 bits per heavy atom. The predicted molar refractivity (Wildman–Crippen MR) is 100 cm³/mol. The number of hydrogen-bond donors (Lipinski definition) is 0. The minimum atomic E-state index is -0.776. The van der Waals surface area contributed by atoms with Gasteiger partial charge < -0.3 is 9.47 Å². The van der Waals surface area contributed by atoms with Gasteiger partial charge in [-0.2, -0.15) is 0 Å². The number of carbonyl (C=O) groups excluding carboxylic acids is 1. The van der Waals surface area contributed by atoms with Crippen LogP contribution in [0.5, 0.6) is 11.5 Å². The SMILES string of the molecule is O=C(Oc1ccc(OCc2ccccc2)cc1)c1cc([N+](=O)[O-])ccc1Cl. The van der Waals surface area contributed by atoms with E-state index in [2.05, 4.69) is 0 Å². The van der Waals surface area contributed by atoms with E-state index in [4.69, 9.17) is 21.1 Å². The first kappa shape index (κ1) is 18.4. The highest BCUT2D eigenvalue weighted by molar-refractivity contribution is 6.33. The van der Waals surface area contributed by atoms with E-state index in [1.165, 1.54) is 12.1 Å². The molecule has 3 rings (SSSR count). The number of esters is 1. The Hall–Kier alpha value is -3.38. The summed E-state index contributed by atoms with van der Waals surface area (Å²) in [6, 6.07) is 19.8. The number of rotatable bonds is 6. The standard InChI is InChI=1S/C20H14ClNO5/c21-19-11-6-15(22(24)25)12-18(19)20(23)27-17-9-7-16(8-10-17)26-13-14-4-2-1-3-5-14/h1-12H,13H2. The van der Waals surface area contributed by atoms with Crippen molar-refractivity contribution in [2.24, 2.45) is 0 Å². The zero-order chi connectivity index (χ0) is 19.2. The highest BCUT2D eigenvalue weighted by Crippen LogP contribution is 2.25. The first-order valence-electron chi connectivity index (χ1n) is 7.96. The number of nitro groups is 1. The molecule has 0 saturated heterocycles. The molecule has 6 nitrogen and oxygen atoms in total. The van der Waals surface area contributed by atoms with Crippen LogP contribution >= 0.6 is 11.6 Å². The zero-order valence-electron chi connectivity index (χ0n) is 14.0. The first-order chi connectivity index (χ1) is 13.0. The third-order valence-corrected chi connectivity index (χ3v) is 3.99. The summed E-state index contributed by atoms with van der Waals surface area (Å²) in [4.78, 5) is 22.5. The molecule has 136 valence electrons. The molecule has 0 aromatic heterocycles. The molecule has 0 N–H and O–H groups in total. The second-order valence-corrected chi connectivity index (χ2v) is 5.96. The molecule has 0 bridgehead atoms. The molecular weight excluding hydrogens is 370 g/mol. The molecule has 27 heavy (non-hydrogen) atoms. The van der Waals surface area contributed by atoms with E-state index in [0.29, 0.717) is 12.4 Å². The minimum Gasteiger partial charge on any atom is -0.489 e. The Labute approximate surface area is 160 Å². The number of non-ortho nitro benzene ring substituents is 1. The largest absolute Gasteiger partial charge is 0.489 e. The van der Waals surface area contributed by atoms with Crippen LogP contribution in [0.25, 0.3) is 0 Å². The fourth-order valence-electron chi connectivity index (χ4n) is 2.29. The van der Waals surface area contributed by atoms with E-state index in [0.717, 1.165) is 11.6 Å². The van der Waals surface area contributed by atoms with Crippen molar-refractivity contribution in [2.45, 2.75) is 6.61 Å². The van der Waals surface area contributed by atoms with Crippen LogP contribution in [0, 0.1) is 10.1 Å². The number of hydrogen-bond acceptors (Lipinski definition) is 5. The Morgan fingerprint density at radius 2 is 1.63 bits per heavy atom. The van der Waals surface area contributed by atoms with Crippen molar-refractivity contribution in [3.05, 3.63) is 99.1 Å². The van der Waals surface area contributed by atoms with Gasteiger partial charge in [0.25, 0.3) is 5.69 Å². The summed E-state index contributed by atoms with van der Waals surface area (Å²) in [5.41, 5.74) is 0.722. The maximum atomic E-state index is 12.2. The van der Waals surface area contributed by atoms with Crippen molar-refractivity contribution in [2.75, 3.05) is 0 Å². The molecule has 0 aliphatic heterocycles. The molecule has 0 spiro atoms. The van der Waals surface area contributed by atoms with Gasteiger partial charge in [-0.25, -0.2) is 4.79 Å². The quantitative estimate of drug-likeness (QED) is 0.257. The van der Waals surface area contributed by atoms with Crippen LogP contribution in [-0.4, -0.2) is 10.9 Å².